The number of hydrogen-bond acceptors (Lipinski definition) is 5. The first-order valence-electron chi connectivity index (χ1n) is 6.06. The van der Waals surface area contributed by atoms with Crippen LogP contribution >= 0.6 is 11.3 Å². The number of carbonyl (C=O) groups excluding carboxylic acids is 1. The van der Waals surface area contributed by atoms with Gasteiger partial charge in [-0.15, -0.1) is 11.3 Å². The summed E-state index contributed by atoms with van der Waals surface area (Å²) < 4.78 is 1.11. The van der Waals surface area contributed by atoms with E-state index in [-0.39, 0.29) is 5.91 Å². The summed E-state index contributed by atoms with van der Waals surface area (Å²) in [5, 5.41) is 3.67. The van der Waals surface area contributed by atoms with Crippen molar-refractivity contribution in [3.05, 3.63) is 53.3 Å². The molecule has 2 heterocycles. The molecule has 3 aromatic rings. The molecule has 0 fully saturated rings. The Bertz CT molecular complexity index is 718. The summed E-state index contributed by atoms with van der Waals surface area (Å²) in [6.45, 7) is 0.393. The minimum Gasteiger partial charge on any atom is -0.397 e. The lowest BCUT2D eigenvalue weighted by Crippen LogP contribution is -2.23. The van der Waals surface area contributed by atoms with Gasteiger partial charge in [-0.3, -0.25) is 4.79 Å². The summed E-state index contributed by atoms with van der Waals surface area (Å²) in [5.41, 5.74) is 7.37. The lowest BCUT2D eigenvalue weighted by Gasteiger charge is -2.02. The van der Waals surface area contributed by atoms with Crippen LogP contribution in [0.2, 0.25) is 0 Å². The third-order valence-corrected chi connectivity index (χ3v) is 3.79. The van der Waals surface area contributed by atoms with E-state index in [2.05, 4.69) is 15.3 Å². The first kappa shape index (κ1) is 12.6. The number of para-hydroxylation sites is 1. The monoisotopic (exact) mass is 284 g/mol. The fourth-order valence-corrected chi connectivity index (χ4v) is 2.69. The van der Waals surface area contributed by atoms with Gasteiger partial charge in [0.15, 0.2) is 0 Å². The van der Waals surface area contributed by atoms with Crippen LogP contribution in [-0.4, -0.2) is 15.9 Å². The number of hydrogen-bond donors (Lipinski definition) is 2. The average Bonchev–Trinajstić information content (AvgIpc) is 2.88. The van der Waals surface area contributed by atoms with Crippen molar-refractivity contribution in [1.29, 1.82) is 0 Å². The van der Waals surface area contributed by atoms with Crippen molar-refractivity contribution < 1.29 is 4.79 Å². The van der Waals surface area contributed by atoms with Crippen LogP contribution in [0.4, 0.5) is 5.69 Å². The number of carbonyl (C=O) groups is 1. The van der Waals surface area contributed by atoms with Gasteiger partial charge in [-0.1, -0.05) is 12.1 Å². The number of nitrogens with one attached hydrogen (secondary N) is 1. The number of anilines is 1. The fourth-order valence-electron chi connectivity index (χ4n) is 1.78. The van der Waals surface area contributed by atoms with Gasteiger partial charge in [-0.25, -0.2) is 9.97 Å². The summed E-state index contributed by atoms with van der Waals surface area (Å²) in [6.07, 6.45) is 1.46. The molecule has 0 aliphatic carbocycles. The van der Waals surface area contributed by atoms with Crippen LogP contribution in [0.5, 0.6) is 0 Å². The molecule has 0 saturated carbocycles. The Morgan fingerprint density at radius 1 is 1.25 bits per heavy atom. The Morgan fingerprint density at radius 3 is 2.85 bits per heavy atom. The Labute approximate surface area is 119 Å². The van der Waals surface area contributed by atoms with E-state index in [0.717, 1.165) is 15.2 Å². The molecular weight excluding hydrogens is 272 g/mol. The van der Waals surface area contributed by atoms with Crippen molar-refractivity contribution in [3.8, 4) is 0 Å². The molecule has 5 nitrogen and oxygen atoms in total. The second kappa shape index (κ2) is 5.26. The number of fused-ring (bicyclic) bond motifs is 1. The summed E-state index contributed by atoms with van der Waals surface area (Å²) in [6, 6.07) is 11.1. The van der Waals surface area contributed by atoms with Gasteiger partial charge in [0.1, 0.15) is 10.7 Å². The number of amides is 1. The predicted molar refractivity (Wildman–Crippen MR) is 79.4 cm³/mol. The standard InChI is InChI=1S/C14H12N4OS/c15-9-5-6-11(16-7-9)14(19)17-8-13-18-10-3-1-2-4-12(10)20-13/h1-7H,8,15H2,(H,17,19). The number of nitrogen functional groups attached to an aromatic ring is 1. The number of pyridine rings is 1. The quantitative estimate of drug-likeness (QED) is 0.772. The second-order valence-corrected chi connectivity index (χ2v) is 5.35. The van der Waals surface area contributed by atoms with Crippen LogP contribution in [0, 0.1) is 0 Å². The Kier molecular flexibility index (Phi) is 3.30. The molecule has 100 valence electrons. The molecule has 0 radical (unpaired) electrons. The van der Waals surface area contributed by atoms with Gasteiger partial charge < -0.3 is 11.1 Å². The van der Waals surface area contributed by atoms with Crippen LogP contribution in [0.15, 0.2) is 42.6 Å². The van der Waals surface area contributed by atoms with E-state index in [0.29, 0.717) is 17.9 Å². The molecule has 2 aromatic heterocycles. The SMILES string of the molecule is Nc1ccc(C(=O)NCc2nc3ccccc3s2)nc1. The van der Waals surface area contributed by atoms with Gasteiger partial charge in [0, 0.05) is 0 Å². The van der Waals surface area contributed by atoms with E-state index in [9.17, 15) is 4.79 Å². The van der Waals surface area contributed by atoms with Gasteiger partial charge in [0.2, 0.25) is 0 Å². The van der Waals surface area contributed by atoms with Crippen LogP contribution in [0.3, 0.4) is 0 Å². The smallest absolute Gasteiger partial charge is 0.270 e. The molecule has 20 heavy (non-hydrogen) atoms. The van der Waals surface area contributed by atoms with Crippen molar-refractivity contribution >= 4 is 33.1 Å². The summed E-state index contributed by atoms with van der Waals surface area (Å²) >= 11 is 1.57. The maximum Gasteiger partial charge on any atom is 0.270 e. The third-order valence-electron chi connectivity index (χ3n) is 2.76. The minimum absolute atomic E-state index is 0.232. The average molecular weight is 284 g/mol. The molecule has 1 amide bonds. The molecule has 3 N–H and O–H groups in total. The van der Waals surface area contributed by atoms with E-state index in [1.807, 2.05) is 24.3 Å². The highest BCUT2D eigenvalue weighted by atomic mass is 32.1. The van der Waals surface area contributed by atoms with Gasteiger partial charge in [0.05, 0.1) is 28.6 Å². The lowest BCUT2D eigenvalue weighted by molar-refractivity contribution is 0.0946. The summed E-state index contributed by atoms with van der Waals surface area (Å²) in [4.78, 5) is 20.3. The third kappa shape index (κ3) is 2.60. The van der Waals surface area contributed by atoms with Crippen LogP contribution in [-0.2, 0) is 6.54 Å². The van der Waals surface area contributed by atoms with Crippen molar-refractivity contribution in [3.63, 3.8) is 0 Å². The Morgan fingerprint density at radius 2 is 2.10 bits per heavy atom. The van der Waals surface area contributed by atoms with Crippen molar-refractivity contribution in [2.45, 2.75) is 6.54 Å². The van der Waals surface area contributed by atoms with E-state index in [4.69, 9.17) is 5.73 Å². The molecule has 3 rings (SSSR count). The molecule has 0 aliphatic heterocycles. The molecular formula is C14H12N4OS. The van der Waals surface area contributed by atoms with Gasteiger partial charge >= 0.3 is 0 Å². The van der Waals surface area contributed by atoms with Gasteiger partial charge in [-0.2, -0.15) is 0 Å². The molecule has 0 bridgehead atoms. The van der Waals surface area contributed by atoms with E-state index in [1.165, 1.54) is 6.20 Å². The Hall–Kier alpha value is -2.47. The normalized spacial score (nSPS) is 10.6. The zero-order valence-electron chi connectivity index (χ0n) is 10.5. The molecule has 0 saturated heterocycles. The molecule has 0 unspecified atom stereocenters. The number of benzene rings is 1. The highest BCUT2D eigenvalue weighted by molar-refractivity contribution is 7.18. The number of thiazole rings is 1. The van der Waals surface area contributed by atoms with Gasteiger partial charge in [-0.05, 0) is 24.3 Å². The fraction of sp³-hybridized carbons (Fsp3) is 0.0714. The van der Waals surface area contributed by atoms with Crippen molar-refractivity contribution in [1.82, 2.24) is 15.3 Å². The number of rotatable bonds is 3. The first-order valence-corrected chi connectivity index (χ1v) is 6.88. The maximum atomic E-state index is 11.9. The highest BCUT2D eigenvalue weighted by Gasteiger charge is 2.08. The van der Waals surface area contributed by atoms with E-state index in [1.54, 1.807) is 23.5 Å². The topological polar surface area (TPSA) is 80.9 Å². The van der Waals surface area contributed by atoms with Crippen molar-refractivity contribution in [2.24, 2.45) is 0 Å². The summed E-state index contributed by atoms with van der Waals surface area (Å²) in [5.74, 6) is -0.232. The molecule has 0 spiro atoms. The number of nitrogens with zero attached hydrogens (tertiary/aromatic N) is 2. The van der Waals surface area contributed by atoms with Crippen LogP contribution in [0.1, 0.15) is 15.5 Å². The predicted octanol–water partition coefficient (Wildman–Crippen LogP) is 2.20. The van der Waals surface area contributed by atoms with Crippen LogP contribution in [0.25, 0.3) is 10.2 Å². The summed E-state index contributed by atoms with van der Waals surface area (Å²) in [7, 11) is 0. The first-order chi connectivity index (χ1) is 9.72. The van der Waals surface area contributed by atoms with E-state index < -0.39 is 0 Å². The molecule has 0 atom stereocenters. The van der Waals surface area contributed by atoms with Crippen molar-refractivity contribution in [2.75, 3.05) is 5.73 Å². The van der Waals surface area contributed by atoms with E-state index >= 15 is 0 Å². The Balaban J connectivity index is 1.69. The zero-order valence-corrected chi connectivity index (χ0v) is 11.4. The minimum atomic E-state index is -0.232. The zero-order chi connectivity index (χ0) is 13.9. The highest BCUT2D eigenvalue weighted by Crippen LogP contribution is 2.21. The second-order valence-electron chi connectivity index (χ2n) is 4.23. The largest absolute Gasteiger partial charge is 0.397 e. The molecule has 1 aromatic carbocycles. The number of nitrogens with two attached hydrogens (primary N) is 1. The van der Waals surface area contributed by atoms with Gasteiger partial charge in [0.25, 0.3) is 5.91 Å². The lowest BCUT2D eigenvalue weighted by atomic mass is 10.3. The van der Waals surface area contributed by atoms with Crippen LogP contribution < -0.4 is 11.1 Å². The molecule has 0 aliphatic rings. The maximum absolute atomic E-state index is 11.9. The number of aromatic nitrogens is 2. The molecule has 6 heteroatoms.